The molecule has 0 aromatic heterocycles. The predicted molar refractivity (Wildman–Crippen MR) is 74.6 cm³/mol. The topological polar surface area (TPSA) is 64.3 Å². The van der Waals surface area contributed by atoms with Crippen molar-refractivity contribution in [2.75, 3.05) is 0 Å². The Morgan fingerprint density at radius 2 is 2.00 bits per heavy atom. The molecule has 4 nitrogen and oxygen atoms in total. The van der Waals surface area contributed by atoms with Crippen LogP contribution in [0.3, 0.4) is 0 Å². The molecule has 0 radical (unpaired) electrons. The van der Waals surface area contributed by atoms with Gasteiger partial charge in [0.2, 0.25) is 0 Å². The van der Waals surface area contributed by atoms with E-state index in [1.165, 1.54) is 0 Å². The highest BCUT2D eigenvalue weighted by molar-refractivity contribution is 5.67. The number of ether oxygens (including phenoxy) is 1. The van der Waals surface area contributed by atoms with Crippen LogP contribution >= 0.6 is 0 Å². The number of carbonyl (C=O) groups excluding carboxylic acids is 1. The molecule has 0 aliphatic heterocycles. The first kappa shape index (κ1) is 13.9. The number of benzene rings is 1. The second kappa shape index (κ2) is 6.06. The molecule has 0 bridgehead atoms. The number of hydrogen-bond donors (Lipinski definition) is 2. The van der Waals surface area contributed by atoms with E-state index in [9.17, 15) is 4.79 Å². The molecule has 1 saturated carbocycles. The molecular weight excluding hydrogens is 240 g/mol. The van der Waals surface area contributed by atoms with Crippen molar-refractivity contribution < 1.29 is 9.53 Å². The summed E-state index contributed by atoms with van der Waals surface area (Å²) in [6.45, 7) is 2.38. The molecule has 1 aliphatic rings. The highest BCUT2D eigenvalue weighted by atomic mass is 16.5. The summed E-state index contributed by atoms with van der Waals surface area (Å²) in [4.78, 5) is 11.7. The van der Waals surface area contributed by atoms with E-state index in [2.05, 4.69) is 12.2 Å². The molecule has 1 fully saturated rings. The quantitative estimate of drug-likeness (QED) is 0.880. The average molecular weight is 262 g/mol. The fourth-order valence-corrected chi connectivity index (χ4v) is 2.35. The summed E-state index contributed by atoms with van der Waals surface area (Å²) in [6.07, 6.45) is 3.39. The molecule has 3 N–H and O–H groups in total. The maximum atomic E-state index is 11.7. The molecule has 2 rings (SSSR count). The molecular formula is C15H22N2O2. The van der Waals surface area contributed by atoms with E-state index in [0.29, 0.717) is 6.61 Å². The van der Waals surface area contributed by atoms with Crippen LogP contribution in [-0.4, -0.2) is 17.7 Å². The minimum Gasteiger partial charge on any atom is -0.445 e. The summed E-state index contributed by atoms with van der Waals surface area (Å²) in [5.74, 6) is 0. The van der Waals surface area contributed by atoms with Gasteiger partial charge in [-0.3, -0.25) is 0 Å². The summed E-state index contributed by atoms with van der Waals surface area (Å²) in [6, 6.07) is 9.87. The molecule has 0 spiro atoms. The van der Waals surface area contributed by atoms with Gasteiger partial charge in [0.25, 0.3) is 0 Å². The van der Waals surface area contributed by atoms with Gasteiger partial charge in [0, 0.05) is 11.6 Å². The molecule has 0 atom stereocenters. The molecule has 1 amide bonds. The maximum Gasteiger partial charge on any atom is 0.407 e. The van der Waals surface area contributed by atoms with E-state index in [-0.39, 0.29) is 17.7 Å². The van der Waals surface area contributed by atoms with E-state index in [1.807, 2.05) is 30.3 Å². The molecule has 104 valence electrons. The molecule has 4 heteroatoms. The van der Waals surface area contributed by atoms with Crippen LogP contribution in [0, 0.1) is 0 Å². The Morgan fingerprint density at radius 3 is 2.63 bits per heavy atom. The third-order valence-electron chi connectivity index (χ3n) is 3.66. The molecule has 0 heterocycles. The van der Waals surface area contributed by atoms with Crippen LogP contribution < -0.4 is 11.1 Å². The lowest BCUT2D eigenvalue weighted by Crippen LogP contribution is -2.46. The Kier molecular flexibility index (Phi) is 4.43. The third-order valence-corrected chi connectivity index (χ3v) is 3.66. The summed E-state index contributed by atoms with van der Waals surface area (Å²) in [5, 5.41) is 2.91. The molecule has 1 aliphatic carbocycles. The van der Waals surface area contributed by atoms with Crippen molar-refractivity contribution >= 4 is 6.09 Å². The number of amides is 1. The standard InChI is InChI=1S/C15H22N2O2/c1-15(16)9-7-13(8-10-15)17-14(18)19-11-12-5-3-2-4-6-12/h2-6,13H,7-11,16H2,1H3,(H,17,18)/t13-,15-. The van der Waals surface area contributed by atoms with Crippen LogP contribution in [0.1, 0.15) is 38.2 Å². The van der Waals surface area contributed by atoms with Gasteiger partial charge < -0.3 is 15.8 Å². The van der Waals surface area contributed by atoms with Crippen LogP contribution in [0.25, 0.3) is 0 Å². The zero-order chi connectivity index (χ0) is 13.7. The van der Waals surface area contributed by atoms with Crippen molar-refractivity contribution in [3.05, 3.63) is 35.9 Å². The van der Waals surface area contributed by atoms with Gasteiger partial charge in [-0.05, 0) is 38.2 Å². The second-order valence-electron chi connectivity index (χ2n) is 5.63. The monoisotopic (exact) mass is 262 g/mol. The first-order chi connectivity index (χ1) is 9.05. The fourth-order valence-electron chi connectivity index (χ4n) is 2.35. The fraction of sp³-hybridized carbons (Fsp3) is 0.533. The Morgan fingerprint density at radius 1 is 1.37 bits per heavy atom. The number of nitrogens with two attached hydrogens (primary N) is 1. The predicted octanol–water partition coefficient (Wildman–Crippen LogP) is 2.57. The smallest absolute Gasteiger partial charge is 0.407 e. The summed E-state index contributed by atoms with van der Waals surface area (Å²) in [5.41, 5.74) is 6.98. The first-order valence-electron chi connectivity index (χ1n) is 6.81. The molecule has 0 saturated heterocycles. The Bertz CT molecular complexity index is 407. The Balaban J connectivity index is 1.70. The summed E-state index contributed by atoms with van der Waals surface area (Å²) >= 11 is 0. The highest BCUT2D eigenvalue weighted by Crippen LogP contribution is 2.25. The average Bonchev–Trinajstić information content (AvgIpc) is 2.40. The summed E-state index contributed by atoms with van der Waals surface area (Å²) < 4.78 is 5.20. The Labute approximate surface area is 114 Å². The van der Waals surface area contributed by atoms with E-state index in [0.717, 1.165) is 31.2 Å². The van der Waals surface area contributed by atoms with Gasteiger partial charge in [0.1, 0.15) is 6.61 Å². The number of rotatable bonds is 3. The molecule has 1 aromatic rings. The number of carbonyl (C=O) groups is 1. The lowest BCUT2D eigenvalue weighted by molar-refractivity contribution is 0.130. The van der Waals surface area contributed by atoms with Crippen LogP contribution in [-0.2, 0) is 11.3 Å². The number of nitrogens with one attached hydrogen (secondary N) is 1. The normalized spacial score (nSPS) is 26.7. The highest BCUT2D eigenvalue weighted by Gasteiger charge is 2.28. The largest absolute Gasteiger partial charge is 0.445 e. The van der Waals surface area contributed by atoms with Crippen LogP contribution in [0.4, 0.5) is 4.79 Å². The maximum absolute atomic E-state index is 11.7. The Hall–Kier alpha value is -1.55. The van der Waals surface area contributed by atoms with Crippen molar-refractivity contribution in [1.29, 1.82) is 0 Å². The van der Waals surface area contributed by atoms with Crippen LogP contribution in [0.2, 0.25) is 0 Å². The second-order valence-corrected chi connectivity index (χ2v) is 5.63. The zero-order valence-corrected chi connectivity index (χ0v) is 11.4. The van der Waals surface area contributed by atoms with Crippen LogP contribution in [0.5, 0.6) is 0 Å². The lowest BCUT2D eigenvalue weighted by Gasteiger charge is -2.34. The van der Waals surface area contributed by atoms with Crippen molar-refractivity contribution in [2.24, 2.45) is 5.73 Å². The third kappa shape index (κ3) is 4.56. The SMILES string of the molecule is C[C@]1(N)CC[C@H](NC(=O)OCc2ccccc2)CC1. The van der Waals surface area contributed by atoms with Gasteiger partial charge in [-0.1, -0.05) is 30.3 Å². The van der Waals surface area contributed by atoms with Gasteiger partial charge in [0.05, 0.1) is 0 Å². The van der Waals surface area contributed by atoms with Crippen molar-refractivity contribution in [1.82, 2.24) is 5.32 Å². The molecule has 0 unspecified atom stereocenters. The zero-order valence-electron chi connectivity index (χ0n) is 11.4. The van der Waals surface area contributed by atoms with Gasteiger partial charge in [-0.25, -0.2) is 4.79 Å². The number of hydrogen-bond acceptors (Lipinski definition) is 3. The van der Waals surface area contributed by atoms with Crippen molar-refractivity contribution in [3.63, 3.8) is 0 Å². The molecule has 19 heavy (non-hydrogen) atoms. The number of alkyl carbamates (subject to hydrolysis) is 1. The van der Waals surface area contributed by atoms with Crippen molar-refractivity contribution in [2.45, 2.75) is 50.8 Å². The van der Waals surface area contributed by atoms with Crippen LogP contribution in [0.15, 0.2) is 30.3 Å². The van der Waals surface area contributed by atoms with E-state index in [4.69, 9.17) is 10.5 Å². The lowest BCUT2D eigenvalue weighted by atomic mass is 9.82. The van der Waals surface area contributed by atoms with Crippen molar-refractivity contribution in [3.8, 4) is 0 Å². The first-order valence-corrected chi connectivity index (χ1v) is 6.81. The van der Waals surface area contributed by atoms with Gasteiger partial charge in [0.15, 0.2) is 0 Å². The van der Waals surface area contributed by atoms with Gasteiger partial charge in [-0.2, -0.15) is 0 Å². The molecule has 1 aromatic carbocycles. The van der Waals surface area contributed by atoms with Gasteiger partial charge in [-0.15, -0.1) is 0 Å². The minimum atomic E-state index is -0.338. The van der Waals surface area contributed by atoms with E-state index in [1.54, 1.807) is 0 Å². The van der Waals surface area contributed by atoms with E-state index < -0.39 is 0 Å². The minimum absolute atomic E-state index is 0.0773. The van der Waals surface area contributed by atoms with Gasteiger partial charge >= 0.3 is 6.09 Å². The van der Waals surface area contributed by atoms with E-state index >= 15 is 0 Å². The summed E-state index contributed by atoms with van der Waals surface area (Å²) in [7, 11) is 0.